The molecule has 1 fully saturated rings. The highest BCUT2D eigenvalue weighted by Crippen LogP contribution is 2.18. The molecule has 1 atom stereocenters. The van der Waals surface area contributed by atoms with Crippen molar-refractivity contribution >= 4 is 35.8 Å². The summed E-state index contributed by atoms with van der Waals surface area (Å²) in [4.78, 5) is 0.197. The van der Waals surface area contributed by atoms with Crippen molar-refractivity contribution in [2.45, 2.75) is 16.6 Å². The molecule has 1 aliphatic rings. The lowest BCUT2D eigenvalue weighted by atomic mass is 10.1. The first-order chi connectivity index (χ1) is 9.32. The number of sulfone groups is 1. The van der Waals surface area contributed by atoms with Crippen LogP contribution < -0.4 is 4.72 Å². The van der Waals surface area contributed by atoms with Crippen molar-refractivity contribution in [3.8, 4) is 0 Å². The number of nitrogens with one attached hydrogen (secondary N) is 1. The number of hydrogen-bond donors (Lipinski definition) is 1. The van der Waals surface area contributed by atoms with Gasteiger partial charge in [0, 0.05) is 11.9 Å². The van der Waals surface area contributed by atoms with E-state index in [0.29, 0.717) is 11.8 Å². The van der Waals surface area contributed by atoms with Gasteiger partial charge in [0.25, 0.3) is 0 Å². The van der Waals surface area contributed by atoms with Crippen molar-refractivity contribution < 1.29 is 16.8 Å². The van der Waals surface area contributed by atoms with E-state index in [2.05, 4.69) is 20.7 Å². The summed E-state index contributed by atoms with van der Waals surface area (Å²) < 4.78 is 49.3. The molecule has 0 amide bonds. The van der Waals surface area contributed by atoms with Crippen molar-refractivity contribution in [3.05, 3.63) is 29.8 Å². The quantitative estimate of drug-likeness (QED) is 0.779. The van der Waals surface area contributed by atoms with E-state index in [9.17, 15) is 16.8 Å². The maximum absolute atomic E-state index is 12.1. The lowest BCUT2D eigenvalue weighted by molar-refractivity contribution is 0.543. The maximum Gasteiger partial charge on any atom is 0.240 e. The van der Waals surface area contributed by atoms with Gasteiger partial charge >= 0.3 is 0 Å². The average Bonchev–Trinajstić information content (AvgIpc) is 2.76. The highest BCUT2D eigenvalue weighted by atomic mass is 79.9. The Morgan fingerprint density at radius 2 is 1.90 bits per heavy atom. The molecular weight excluding hydrogens is 366 g/mol. The second kappa shape index (κ2) is 6.13. The highest BCUT2D eigenvalue weighted by molar-refractivity contribution is 9.08. The Bertz CT molecular complexity index is 668. The number of alkyl halides is 1. The molecule has 5 nitrogen and oxygen atoms in total. The first-order valence-corrected chi connectivity index (χ1v) is 10.6. The van der Waals surface area contributed by atoms with Gasteiger partial charge in [-0.15, -0.1) is 0 Å². The fourth-order valence-electron chi connectivity index (χ4n) is 2.10. The Labute approximate surface area is 127 Å². The van der Waals surface area contributed by atoms with Gasteiger partial charge in [-0.05, 0) is 30.0 Å². The van der Waals surface area contributed by atoms with Crippen molar-refractivity contribution in [1.82, 2.24) is 4.72 Å². The van der Waals surface area contributed by atoms with Crippen LogP contribution in [0.4, 0.5) is 0 Å². The van der Waals surface area contributed by atoms with Crippen LogP contribution in [0, 0.1) is 5.92 Å². The largest absolute Gasteiger partial charge is 0.240 e. The Kier molecular flexibility index (Phi) is 4.88. The molecule has 0 spiro atoms. The molecule has 8 heteroatoms. The number of hydrogen-bond acceptors (Lipinski definition) is 4. The SMILES string of the molecule is O=S1(=O)CCC(CNS(=O)(=O)c2ccc(CBr)cc2)C1. The predicted octanol–water partition coefficient (Wildman–Crippen LogP) is 1.29. The Morgan fingerprint density at radius 3 is 2.40 bits per heavy atom. The summed E-state index contributed by atoms with van der Waals surface area (Å²) in [7, 11) is -6.55. The standard InChI is InChI=1S/C12H16BrNO4S2/c13-7-10-1-3-12(4-2-10)20(17,18)14-8-11-5-6-19(15,16)9-11/h1-4,11,14H,5-9H2. The first kappa shape index (κ1) is 15.9. The van der Waals surface area contributed by atoms with Gasteiger partial charge in [0.2, 0.25) is 10.0 Å². The summed E-state index contributed by atoms with van der Waals surface area (Å²) >= 11 is 3.30. The van der Waals surface area contributed by atoms with Crippen LogP contribution in [0.25, 0.3) is 0 Å². The van der Waals surface area contributed by atoms with Gasteiger partial charge in [0.1, 0.15) is 0 Å². The van der Waals surface area contributed by atoms with Gasteiger partial charge in [0.15, 0.2) is 9.84 Å². The Hall–Kier alpha value is -0.440. The third-order valence-corrected chi connectivity index (χ3v) is 7.20. The van der Waals surface area contributed by atoms with Crippen LogP contribution in [0.2, 0.25) is 0 Å². The minimum Gasteiger partial charge on any atom is -0.229 e. The van der Waals surface area contributed by atoms with Crippen molar-refractivity contribution in [3.63, 3.8) is 0 Å². The summed E-state index contributed by atoms with van der Waals surface area (Å²) in [6.07, 6.45) is 0.521. The van der Waals surface area contributed by atoms with Crippen LogP contribution >= 0.6 is 15.9 Å². The van der Waals surface area contributed by atoms with Crippen molar-refractivity contribution in [2.75, 3.05) is 18.1 Å². The first-order valence-electron chi connectivity index (χ1n) is 6.17. The van der Waals surface area contributed by atoms with Gasteiger partial charge in [-0.2, -0.15) is 0 Å². The number of benzene rings is 1. The maximum atomic E-state index is 12.1. The molecule has 20 heavy (non-hydrogen) atoms. The third kappa shape index (κ3) is 4.03. The van der Waals surface area contributed by atoms with Gasteiger partial charge < -0.3 is 0 Å². The fourth-order valence-corrected chi connectivity index (χ4v) is 5.45. The van der Waals surface area contributed by atoms with Gasteiger partial charge in [-0.1, -0.05) is 28.1 Å². The zero-order chi connectivity index (χ0) is 14.8. The number of halogens is 1. The zero-order valence-corrected chi connectivity index (χ0v) is 14.0. The van der Waals surface area contributed by atoms with Crippen LogP contribution in [0.15, 0.2) is 29.2 Å². The highest BCUT2D eigenvalue weighted by Gasteiger charge is 2.28. The lowest BCUT2D eigenvalue weighted by Crippen LogP contribution is -2.29. The van der Waals surface area contributed by atoms with Crippen LogP contribution in [0.1, 0.15) is 12.0 Å². The second-order valence-electron chi connectivity index (χ2n) is 4.90. The van der Waals surface area contributed by atoms with Crippen LogP contribution in [0.5, 0.6) is 0 Å². The van der Waals surface area contributed by atoms with Gasteiger partial charge in [-0.3, -0.25) is 0 Å². The van der Waals surface area contributed by atoms with Gasteiger partial charge in [-0.25, -0.2) is 21.6 Å². The number of sulfonamides is 1. The van der Waals surface area contributed by atoms with E-state index < -0.39 is 19.9 Å². The van der Waals surface area contributed by atoms with Crippen LogP contribution in [-0.2, 0) is 25.2 Å². The van der Waals surface area contributed by atoms with E-state index in [1.54, 1.807) is 24.3 Å². The Morgan fingerprint density at radius 1 is 1.25 bits per heavy atom. The molecule has 0 aliphatic carbocycles. The van der Waals surface area contributed by atoms with Gasteiger partial charge in [0.05, 0.1) is 16.4 Å². The summed E-state index contributed by atoms with van der Waals surface area (Å²) in [6.45, 7) is 0.168. The Balaban J connectivity index is 2.00. The molecule has 0 bridgehead atoms. The van der Waals surface area contributed by atoms with E-state index in [4.69, 9.17) is 0 Å². The van der Waals surface area contributed by atoms with Crippen molar-refractivity contribution in [2.24, 2.45) is 5.92 Å². The van der Waals surface area contributed by atoms with E-state index in [1.165, 1.54) is 0 Å². The molecule has 1 aromatic carbocycles. The molecule has 112 valence electrons. The molecule has 1 aliphatic heterocycles. The molecule has 1 heterocycles. The molecule has 1 aromatic rings. The molecule has 0 saturated carbocycles. The monoisotopic (exact) mass is 381 g/mol. The average molecular weight is 382 g/mol. The summed E-state index contributed by atoms with van der Waals surface area (Å²) in [5.74, 6) is 0.0915. The lowest BCUT2D eigenvalue weighted by Gasteiger charge is -2.10. The molecule has 1 N–H and O–H groups in total. The minimum atomic E-state index is -3.57. The van der Waals surface area contributed by atoms with Crippen molar-refractivity contribution in [1.29, 1.82) is 0 Å². The van der Waals surface area contributed by atoms with Crippen LogP contribution in [0.3, 0.4) is 0 Å². The zero-order valence-electron chi connectivity index (χ0n) is 10.7. The molecule has 1 saturated heterocycles. The second-order valence-corrected chi connectivity index (χ2v) is 9.45. The minimum absolute atomic E-state index is 0.0675. The molecule has 0 radical (unpaired) electrons. The summed E-state index contributed by atoms with van der Waals surface area (Å²) in [5.41, 5.74) is 0.992. The topological polar surface area (TPSA) is 80.3 Å². The van der Waals surface area contributed by atoms with E-state index >= 15 is 0 Å². The third-order valence-electron chi connectivity index (χ3n) is 3.28. The molecule has 2 rings (SSSR count). The molecule has 0 aromatic heterocycles. The fraction of sp³-hybridized carbons (Fsp3) is 0.500. The molecule has 1 unspecified atom stereocenters. The van der Waals surface area contributed by atoms with Crippen LogP contribution in [-0.4, -0.2) is 34.9 Å². The summed E-state index contributed by atoms with van der Waals surface area (Å²) in [6, 6.07) is 6.57. The number of rotatable bonds is 5. The van der Waals surface area contributed by atoms with E-state index in [0.717, 1.165) is 5.56 Å². The summed E-state index contributed by atoms with van der Waals surface area (Å²) in [5, 5.41) is 0.667. The smallest absolute Gasteiger partial charge is 0.229 e. The normalized spacial score (nSPS) is 21.9. The van der Waals surface area contributed by atoms with E-state index in [-0.39, 0.29) is 28.9 Å². The molecular formula is C12H16BrNO4S2. The van der Waals surface area contributed by atoms with E-state index in [1.807, 2.05) is 0 Å². The predicted molar refractivity (Wildman–Crippen MR) is 81.0 cm³/mol.